The zero-order valence-electron chi connectivity index (χ0n) is 8.72. The lowest BCUT2D eigenvalue weighted by Crippen LogP contribution is -2.31. The fourth-order valence-corrected chi connectivity index (χ4v) is 4.75. The molecule has 90 valence electrons. The number of cyclic esters (lactones) is 1. The Labute approximate surface area is 103 Å². The summed E-state index contributed by atoms with van der Waals surface area (Å²) in [5, 5.41) is 0.339. The van der Waals surface area contributed by atoms with Crippen LogP contribution in [-0.2, 0) is 19.4 Å². The van der Waals surface area contributed by atoms with E-state index >= 15 is 0 Å². The fraction of sp³-hybridized carbons (Fsp3) is 0.364. The minimum absolute atomic E-state index is 0.0892. The van der Waals surface area contributed by atoms with Crippen molar-refractivity contribution in [2.45, 2.75) is 16.1 Å². The van der Waals surface area contributed by atoms with Gasteiger partial charge >= 0.3 is 5.97 Å². The van der Waals surface area contributed by atoms with Gasteiger partial charge in [0.15, 0.2) is 14.6 Å². The van der Waals surface area contributed by atoms with E-state index in [1.807, 2.05) is 0 Å². The van der Waals surface area contributed by atoms with Gasteiger partial charge in [0.25, 0.3) is 0 Å². The molecule has 1 aromatic carbocycles. The summed E-state index contributed by atoms with van der Waals surface area (Å²) in [5.41, 5.74) is 0. The Morgan fingerprint density at radius 3 is 2.71 bits per heavy atom. The van der Waals surface area contributed by atoms with Gasteiger partial charge in [0.05, 0.1) is 11.5 Å². The van der Waals surface area contributed by atoms with Crippen LogP contribution in [0.25, 0.3) is 0 Å². The third-order valence-corrected chi connectivity index (χ3v) is 6.13. The van der Waals surface area contributed by atoms with Crippen molar-refractivity contribution in [3.05, 3.63) is 29.3 Å². The first-order chi connectivity index (χ1) is 7.98. The maximum atomic E-state index is 12.4. The van der Waals surface area contributed by atoms with E-state index in [4.69, 9.17) is 16.3 Å². The number of fused-ring (bicyclic) bond motifs is 1. The van der Waals surface area contributed by atoms with Gasteiger partial charge in [-0.05, 0) is 24.6 Å². The van der Waals surface area contributed by atoms with Crippen LogP contribution in [-0.4, -0.2) is 25.7 Å². The summed E-state index contributed by atoms with van der Waals surface area (Å²) in [6.07, 6.45) is 0.362. The van der Waals surface area contributed by atoms with Crippen LogP contribution in [0.5, 0.6) is 0 Å². The van der Waals surface area contributed by atoms with Crippen LogP contribution in [0.4, 0.5) is 0 Å². The molecule has 2 fully saturated rings. The predicted octanol–water partition coefficient (Wildman–Crippen LogP) is 1.43. The summed E-state index contributed by atoms with van der Waals surface area (Å²) in [5.74, 6) is -0.818. The Hall–Kier alpha value is -1.07. The molecule has 0 spiro atoms. The molecule has 17 heavy (non-hydrogen) atoms. The second-order valence-electron chi connectivity index (χ2n) is 4.35. The number of carbonyl (C=O) groups excluding carboxylic acids is 1. The molecule has 0 N–H and O–H groups in total. The molecule has 6 heteroatoms. The number of benzene rings is 1. The molecule has 3 rings (SSSR count). The number of hydrogen-bond acceptors (Lipinski definition) is 4. The van der Waals surface area contributed by atoms with E-state index < -0.39 is 20.6 Å². The summed E-state index contributed by atoms with van der Waals surface area (Å²) in [7, 11) is -3.69. The first kappa shape index (κ1) is 11.0. The third-order valence-electron chi connectivity index (χ3n) is 3.40. The van der Waals surface area contributed by atoms with Crippen molar-refractivity contribution in [1.29, 1.82) is 0 Å². The van der Waals surface area contributed by atoms with Crippen molar-refractivity contribution in [2.24, 2.45) is 5.92 Å². The Kier molecular flexibility index (Phi) is 2.10. The number of sulfone groups is 1. The molecule has 0 unspecified atom stereocenters. The molecule has 0 radical (unpaired) electrons. The molecule has 1 saturated carbocycles. The predicted molar refractivity (Wildman–Crippen MR) is 60.4 cm³/mol. The van der Waals surface area contributed by atoms with Crippen molar-refractivity contribution < 1.29 is 17.9 Å². The van der Waals surface area contributed by atoms with Crippen molar-refractivity contribution in [2.75, 3.05) is 6.61 Å². The highest BCUT2D eigenvalue weighted by molar-refractivity contribution is 7.94. The second kappa shape index (κ2) is 3.23. The van der Waals surface area contributed by atoms with Crippen molar-refractivity contribution in [3.63, 3.8) is 0 Å². The molecule has 0 amide bonds. The molecule has 2 atom stereocenters. The monoisotopic (exact) mass is 272 g/mol. The smallest absolute Gasteiger partial charge is 0.328 e. The van der Waals surface area contributed by atoms with Crippen LogP contribution in [0.1, 0.15) is 6.42 Å². The number of esters is 1. The van der Waals surface area contributed by atoms with E-state index in [-0.39, 0.29) is 17.4 Å². The SMILES string of the molecule is O=C1OC[C@@H]2C[C@]12S(=O)(=O)c1cccc(Cl)c1. The molecule has 1 aromatic rings. The largest absolute Gasteiger partial charge is 0.464 e. The van der Waals surface area contributed by atoms with Crippen LogP contribution in [0.3, 0.4) is 0 Å². The summed E-state index contributed by atoms with van der Waals surface area (Å²) in [4.78, 5) is 11.7. The molecule has 4 nitrogen and oxygen atoms in total. The lowest BCUT2D eigenvalue weighted by Gasteiger charge is -2.11. The highest BCUT2D eigenvalue weighted by atomic mass is 35.5. The molecule has 2 aliphatic rings. The molecular formula is C11H9ClO4S. The third kappa shape index (κ3) is 1.29. The number of ether oxygens (including phenoxy) is 1. The minimum Gasteiger partial charge on any atom is -0.464 e. The van der Waals surface area contributed by atoms with Crippen LogP contribution in [0.15, 0.2) is 29.2 Å². The molecule has 1 saturated heterocycles. The van der Waals surface area contributed by atoms with E-state index in [1.165, 1.54) is 12.1 Å². The lowest BCUT2D eigenvalue weighted by atomic mass is 10.4. The maximum absolute atomic E-state index is 12.4. The molecular weight excluding hydrogens is 264 g/mol. The van der Waals surface area contributed by atoms with Crippen LogP contribution >= 0.6 is 11.6 Å². The van der Waals surface area contributed by atoms with Gasteiger partial charge in [0.1, 0.15) is 0 Å². The van der Waals surface area contributed by atoms with E-state index in [0.717, 1.165) is 0 Å². The summed E-state index contributed by atoms with van der Waals surface area (Å²) in [6.45, 7) is 0.207. The van der Waals surface area contributed by atoms with Crippen molar-refractivity contribution in [3.8, 4) is 0 Å². The first-order valence-electron chi connectivity index (χ1n) is 5.16. The summed E-state index contributed by atoms with van der Waals surface area (Å²) in [6, 6.07) is 5.97. The van der Waals surface area contributed by atoms with E-state index in [9.17, 15) is 13.2 Å². The van der Waals surface area contributed by atoms with Crippen LogP contribution in [0, 0.1) is 5.92 Å². The lowest BCUT2D eigenvalue weighted by molar-refractivity contribution is -0.140. The zero-order chi connectivity index (χ0) is 12.3. The van der Waals surface area contributed by atoms with Gasteiger partial charge in [-0.15, -0.1) is 0 Å². The van der Waals surface area contributed by atoms with E-state index in [0.29, 0.717) is 11.4 Å². The maximum Gasteiger partial charge on any atom is 0.328 e. The van der Waals surface area contributed by atoms with Crippen molar-refractivity contribution in [1.82, 2.24) is 0 Å². The Morgan fingerprint density at radius 2 is 2.18 bits per heavy atom. The van der Waals surface area contributed by atoms with E-state index in [2.05, 4.69) is 0 Å². The first-order valence-corrected chi connectivity index (χ1v) is 7.02. The number of halogens is 1. The molecule has 1 aliphatic carbocycles. The topological polar surface area (TPSA) is 60.4 Å². The Bertz CT molecular complexity index is 610. The van der Waals surface area contributed by atoms with E-state index in [1.54, 1.807) is 12.1 Å². The number of rotatable bonds is 2. The molecule has 0 bridgehead atoms. The van der Waals surface area contributed by atoms with Gasteiger partial charge in [0, 0.05) is 10.9 Å². The standard InChI is InChI=1S/C11H9ClO4S/c12-8-2-1-3-9(4-8)17(14,15)11-5-7(11)6-16-10(11)13/h1-4,7H,5-6H2/t7-,11+/m0/s1. The normalized spacial score (nSPS) is 30.9. The second-order valence-corrected chi connectivity index (χ2v) is 6.99. The van der Waals surface area contributed by atoms with Gasteiger partial charge in [-0.3, -0.25) is 4.79 Å². The summed E-state index contributed by atoms with van der Waals surface area (Å²) < 4.78 is 28.3. The average molecular weight is 273 g/mol. The molecule has 1 heterocycles. The fourth-order valence-electron chi connectivity index (χ4n) is 2.33. The van der Waals surface area contributed by atoms with Crippen LogP contribution < -0.4 is 0 Å². The van der Waals surface area contributed by atoms with Gasteiger partial charge in [-0.1, -0.05) is 17.7 Å². The van der Waals surface area contributed by atoms with Gasteiger partial charge in [0.2, 0.25) is 0 Å². The summed E-state index contributed by atoms with van der Waals surface area (Å²) >= 11 is 5.77. The number of hydrogen-bond donors (Lipinski definition) is 0. The van der Waals surface area contributed by atoms with Gasteiger partial charge in [-0.2, -0.15) is 0 Å². The average Bonchev–Trinajstić information content (AvgIpc) is 2.95. The molecule has 0 aromatic heterocycles. The highest BCUT2D eigenvalue weighted by Gasteiger charge is 2.74. The highest BCUT2D eigenvalue weighted by Crippen LogP contribution is 2.57. The van der Waals surface area contributed by atoms with Crippen molar-refractivity contribution >= 4 is 27.4 Å². The quantitative estimate of drug-likeness (QED) is 0.764. The zero-order valence-corrected chi connectivity index (χ0v) is 10.3. The molecule has 1 aliphatic heterocycles. The van der Waals surface area contributed by atoms with Gasteiger partial charge < -0.3 is 4.74 Å². The number of carbonyl (C=O) groups is 1. The Morgan fingerprint density at radius 1 is 1.41 bits per heavy atom. The Balaban J connectivity index is 2.12. The van der Waals surface area contributed by atoms with Gasteiger partial charge in [-0.25, -0.2) is 8.42 Å². The minimum atomic E-state index is -3.69. The van der Waals surface area contributed by atoms with Crippen LogP contribution in [0.2, 0.25) is 5.02 Å².